The third kappa shape index (κ3) is 4.17. The fourth-order valence-corrected chi connectivity index (χ4v) is 7.30. The highest BCUT2D eigenvalue weighted by atomic mass is 32.2. The summed E-state index contributed by atoms with van der Waals surface area (Å²) >= 11 is 0. The lowest BCUT2D eigenvalue weighted by atomic mass is 9.78. The molecule has 0 saturated carbocycles. The first-order valence-electron chi connectivity index (χ1n) is 11.6. The van der Waals surface area contributed by atoms with E-state index in [0.717, 1.165) is 32.2 Å². The van der Waals surface area contributed by atoms with Crippen LogP contribution >= 0.6 is 0 Å². The lowest BCUT2D eigenvalue weighted by molar-refractivity contribution is -0.136. The Labute approximate surface area is 185 Å². The zero-order valence-electron chi connectivity index (χ0n) is 18.2. The molecule has 31 heavy (non-hydrogen) atoms. The number of benzene rings is 2. The number of hydrogen-bond acceptors (Lipinski definition) is 3. The Balaban J connectivity index is 1.29. The zero-order chi connectivity index (χ0) is 21.6. The fraction of sp³-hybridized carbons (Fsp3) is 0.500. The van der Waals surface area contributed by atoms with E-state index in [1.54, 1.807) is 0 Å². The SMILES string of the molecule is Cc1ccc(Cc2ccc3c(c2)CC[C@@H]2C3CCN2C(=O)C2CCS(=O)(=O)CC2)cc1. The topological polar surface area (TPSA) is 54.5 Å². The van der Waals surface area contributed by atoms with E-state index in [1.165, 1.54) is 27.8 Å². The van der Waals surface area contributed by atoms with Crippen molar-refractivity contribution in [3.05, 3.63) is 70.3 Å². The summed E-state index contributed by atoms with van der Waals surface area (Å²) in [5, 5.41) is 0. The second-order valence-corrected chi connectivity index (χ2v) is 12.0. The Bertz CT molecular complexity index is 1080. The summed E-state index contributed by atoms with van der Waals surface area (Å²) in [6.07, 6.45) is 4.99. The van der Waals surface area contributed by atoms with Gasteiger partial charge in [0.1, 0.15) is 9.84 Å². The van der Waals surface area contributed by atoms with Gasteiger partial charge in [0, 0.05) is 24.4 Å². The summed E-state index contributed by atoms with van der Waals surface area (Å²) in [7, 11) is -2.94. The molecule has 0 spiro atoms. The van der Waals surface area contributed by atoms with Gasteiger partial charge in [0.25, 0.3) is 0 Å². The van der Waals surface area contributed by atoms with Gasteiger partial charge in [-0.2, -0.15) is 0 Å². The van der Waals surface area contributed by atoms with Crippen LogP contribution in [-0.2, 0) is 27.5 Å². The molecule has 0 aromatic heterocycles. The Morgan fingerprint density at radius 1 is 0.968 bits per heavy atom. The zero-order valence-corrected chi connectivity index (χ0v) is 19.0. The molecule has 164 valence electrons. The van der Waals surface area contributed by atoms with Crippen molar-refractivity contribution in [2.45, 2.75) is 57.4 Å². The number of hydrogen-bond donors (Lipinski definition) is 0. The first-order valence-corrected chi connectivity index (χ1v) is 13.4. The first-order chi connectivity index (χ1) is 14.9. The van der Waals surface area contributed by atoms with Crippen molar-refractivity contribution in [3.63, 3.8) is 0 Å². The molecular weight excluding hydrogens is 406 g/mol. The standard InChI is InChI=1S/C26H31NO3S/c1-18-2-4-19(5-3-18)16-20-6-8-23-22(17-20)7-9-25-24(23)10-13-27(25)26(28)21-11-14-31(29,30)15-12-21/h2-6,8,17,21,24-25H,7,9-16H2,1H3/t24?,25-/m1/s1. The molecule has 0 bridgehead atoms. The average molecular weight is 438 g/mol. The van der Waals surface area contributed by atoms with E-state index in [0.29, 0.717) is 18.8 Å². The van der Waals surface area contributed by atoms with Gasteiger partial charge in [-0.25, -0.2) is 8.42 Å². The highest BCUT2D eigenvalue weighted by molar-refractivity contribution is 7.91. The average Bonchev–Trinajstić information content (AvgIpc) is 3.19. The molecule has 0 N–H and O–H groups in total. The quantitative estimate of drug-likeness (QED) is 0.728. The highest BCUT2D eigenvalue weighted by Gasteiger charge is 2.43. The number of carbonyl (C=O) groups is 1. The van der Waals surface area contributed by atoms with E-state index in [9.17, 15) is 13.2 Å². The summed E-state index contributed by atoms with van der Waals surface area (Å²) in [6.45, 7) is 2.92. The summed E-state index contributed by atoms with van der Waals surface area (Å²) in [6, 6.07) is 16.0. The van der Waals surface area contributed by atoms with Crippen molar-refractivity contribution in [1.29, 1.82) is 0 Å². The number of likely N-dealkylation sites (tertiary alicyclic amines) is 1. The van der Waals surface area contributed by atoms with Crippen LogP contribution in [0.3, 0.4) is 0 Å². The molecule has 2 aromatic rings. The summed E-state index contributed by atoms with van der Waals surface area (Å²) in [5.74, 6) is 0.839. The van der Waals surface area contributed by atoms with Crippen LogP contribution in [0.4, 0.5) is 0 Å². The lowest BCUT2D eigenvalue weighted by Gasteiger charge is -2.36. The monoisotopic (exact) mass is 437 g/mol. The van der Waals surface area contributed by atoms with Crippen LogP contribution < -0.4 is 0 Å². The van der Waals surface area contributed by atoms with Crippen molar-refractivity contribution in [1.82, 2.24) is 4.90 Å². The van der Waals surface area contributed by atoms with Gasteiger partial charge >= 0.3 is 0 Å². The van der Waals surface area contributed by atoms with Crippen LogP contribution in [0.15, 0.2) is 42.5 Å². The molecule has 2 atom stereocenters. The molecule has 5 heteroatoms. The van der Waals surface area contributed by atoms with Crippen molar-refractivity contribution >= 4 is 15.7 Å². The second kappa shape index (κ2) is 8.09. The molecule has 2 fully saturated rings. The molecule has 5 rings (SSSR count). The van der Waals surface area contributed by atoms with E-state index in [2.05, 4.69) is 54.3 Å². The van der Waals surface area contributed by atoms with E-state index < -0.39 is 9.84 Å². The van der Waals surface area contributed by atoms with Crippen LogP contribution in [0.5, 0.6) is 0 Å². The largest absolute Gasteiger partial charge is 0.339 e. The van der Waals surface area contributed by atoms with E-state index in [1.807, 2.05) is 0 Å². The van der Waals surface area contributed by atoms with E-state index in [-0.39, 0.29) is 29.4 Å². The molecular formula is C26H31NO3S. The van der Waals surface area contributed by atoms with Crippen molar-refractivity contribution in [2.75, 3.05) is 18.1 Å². The number of aryl methyl sites for hydroxylation is 2. The van der Waals surface area contributed by atoms with Crippen molar-refractivity contribution < 1.29 is 13.2 Å². The van der Waals surface area contributed by atoms with Gasteiger partial charge < -0.3 is 4.90 Å². The van der Waals surface area contributed by atoms with Crippen LogP contribution in [0.1, 0.15) is 59.4 Å². The molecule has 2 saturated heterocycles. The third-order valence-electron chi connectivity index (χ3n) is 7.58. The Hall–Kier alpha value is -2.14. The summed E-state index contributed by atoms with van der Waals surface area (Å²) in [5.41, 5.74) is 6.85. The second-order valence-electron chi connectivity index (χ2n) is 9.65. The van der Waals surface area contributed by atoms with Gasteiger partial charge in [0.05, 0.1) is 11.5 Å². The highest BCUT2D eigenvalue weighted by Crippen LogP contribution is 2.43. The molecule has 0 radical (unpaired) electrons. The molecule has 1 amide bonds. The minimum Gasteiger partial charge on any atom is -0.339 e. The third-order valence-corrected chi connectivity index (χ3v) is 9.29. The van der Waals surface area contributed by atoms with Gasteiger partial charge in [0.15, 0.2) is 0 Å². The van der Waals surface area contributed by atoms with Gasteiger partial charge in [-0.05, 0) is 67.7 Å². The van der Waals surface area contributed by atoms with Gasteiger partial charge in [0.2, 0.25) is 5.91 Å². The molecule has 1 aliphatic carbocycles. The Morgan fingerprint density at radius 3 is 2.42 bits per heavy atom. The van der Waals surface area contributed by atoms with Gasteiger partial charge in [-0.15, -0.1) is 0 Å². The van der Waals surface area contributed by atoms with Crippen molar-refractivity contribution in [3.8, 4) is 0 Å². The van der Waals surface area contributed by atoms with Crippen LogP contribution in [0.25, 0.3) is 0 Å². The fourth-order valence-electron chi connectivity index (χ4n) is 5.81. The maximum Gasteiger partial charge on any atom is 0.226 e. The van der Waals surface area contributed by atoms with Crippen LogP contribution in [0, 0.1) is 12.8 Å². The number of rotatable bonds is 3. The normalized spacial score (nSPS) is 25.1. The summed E-state index contributed by atoms with van der Waals surface area (Å²) < 4.78 is 23.5. The number of fused-ring (bicyclic) bond motifs is 3. The minimum atomic E-state index is -2.94. The molecule has 2 heterocycles. The van der Waals surface area contributed by atoms with Crippen LogP contribution in [-0.4, -0.2) is 43.3 Å². The first kappa shape index (κ1) is 20.7. The van der Waals surface area contributed by atoms with Gasteiger partial charge in [-0.1, -0.05) is 48.0 Å². The number of amides is 1. The molecule has 2 aromatic carbocycles. The van der Waals surface area contributed by atoms with E-state index in [4.69, 9.17) is 0 Å². The maximum atomic E-state index is 13.2. The smallest absolute Gasteiger partial charge is 0.226 e. The molecule has 3 aliphatic rings. The summed E-state index contributed by atoms with van der Waals surface area (Å²) in [4.78, 5) is 15.3. The molecule has 1 unspecified atom stereocenters. The Kier molecular flexibility index (Phi) is 5.41. The van der Waals surface area contributed by atoms with Gasteiger partial charge in [-0.3, -0.25) is 4.79 Å². The number of nitrogens with zero attached hydrogens (tertiary/aromatic N) is 1. The predicted octanol–water partition coefficient (Wildman–Crippen LogP) is 4.04. The minimum absolute atomic E-state index is 0.111. The Morgan fingerprint density at radius 2 is 1.68 bits per heavy atom. The number of carbonyl (C=O) groups excluding carboxylic acids is 1. The predicted molar refractivity (Wildman–Crippen MR) is 123 cm³/mol. The van der Waals surface area contributed by atoms with Crippen LogP contribution in [0.2, 0.25) is 0 Å². The lowest BCUT2D eigenvalue weighted by Crippen LogP contribution is -2.44. The maximum absolute atomic E-state index is 13.2. The van der Waals surface area contributed by atoms with E-state index >= 15 is 0 Å². The molecule has 2 aliphatic heterocycles. The number of sulfone groups is 1. The van der Waals surface area contributed by atoms with Crippen molar-refractivity contribution in [2.24, 2.45) is 5.92 Å². The molecule has 4 nitrogen and oxygen atoms in total.